The minimum absolute atomic E-state index is 0.0776. The summed E-state index contributed by atoms with van der Waals surface area (Å²) in [5.41, 5.74) is 1.12. The standard InChI is InChI=1S/C15H25NO2/c1-5-18-13-8-6-12(7-9-13)10-16-11-14(17)15(2,3)4/h6-9,14,16-17H,5,10-11H2,1-4H3. The zero-order valence-corrected chi connectivity index (χ0v) is 11.9. The number of nitrogens with one attached hydrogen (secondary N) is 1. The van der Waals surface area contributed by atoms with Crippen molar-refractivity contribution in [2.45, 2.75) is 40.3 Å². The summed E-state index contributed by atoms with van der Waals surface area (Å²) < 4.78 is 5.39. The summed E-state index contributed by atoms with van der Waals surface area (Å²) in [5, 5.41) is 13.2. The molecule has 0 saturated carbocycles. The first-order valence-corrected chi connectivity index (χ1v) is 6.54. The zero-order valence-electron chi connectivity index (χ0n) is 11.9. The second-order valence-electron chi connectivity index (χ2n) is 5.59. The molecule has 3 nitrogen and oxygen atoms in total. The predicted molar refractivity (Wildman–Crippen MR) is 74.8 cm³/mol. The van der Waals surface area contributed by atoms with Gasteiger partial charge in [-0.15, -0.1) is 0 Å². The van der Waals surface area contributed by atoms with Crippen molar-refractivity contribution in [2.75, 3.05) is 13.2 Å². The second-order valence-corrected chi connectivity index (χ2v) is 5.59. The van der Waals surface area contributed by atoms with E-state index in [4.69, 9.17) is 4.74 Å². The maximum atomic E-state index is 9.90. The van der Waals surface area contributed by atoms with E-state index in [0.717, 1.165) is 12.3 Å². The lowest BCUT2D eigenvalue weighted by Crippen LogP contribution is -2.36. The summed E-state index contributed by atoms with van der Waals surface area (Å²) in [6.45, 7) is 10.2. The highest BCUT2D eigenvalue weighted by Gasteiger charge is 2.21. The Morgan fingerprint density at radius 2 is 1.83 bits per heavy atom. The molecule has 1 unspecified atom stereocenters. The van der Waals surface area contributed by atoms with Crippen molar-refractivity contribution < 1.29 is 9.84 Å². The summed E-state index contributed by atoms with van der Waals surface area (Å²) in [6, 6.07) is 8.03. The number of ether oxygens (including phenoxy) is 1. The summed E-state index contributed by atoms with van der Waals surface area (Å²) >= 11 is 0. The molecule has 0 amide bonds. The fourth-order valence-electron chi connectivity index (χ4n) is 1.53. The molecule has 0 aromatic heterocycles. The molecule has 0 heterocycles. The van der Waals surface area contributed by atoms with E-state index >= 15 is 0 Å². The maximum absolute atomic E-state index is 9.90. The van der Waals surface area contributed by atoms with Crippen molar-refractivity contribution >= 4 is 0 Å². The molecule has 1 rings (SSSR count). The van der Waals surface area contributed by atoms with Gasteiger partial charge in [-0.2, -0.15) is 0 Å². The molecule has 102 valence electrons. The molecule has 0 aliphatic rings. The highest BCUT2D eigenvalue weighted by molar-refractivity contribution is 5.27. The number of aliphatic hydroxyl groups excluding tert-OH is 1. The number of aliphatic hydroxyl groups is 1. The van der Waals surface area contributed by atoms with Crippen LogP contribution in [-0.4, -0.2) is 24.4 Å². The maximum Gasteiger partial charge on any atom is 0.119 e. The first-order chi connectivity index (χ1) is 8.43. The van der Waals surface area contributed by atoms with Gasteiger partial charge in [0.05, 0.1) is 12.7 Å². The Morgan fingerprint density at radius 3 is 2.33 bits per heavy atom. The van der Waals surface area contributed by atoms with E-state index < -0.39 is 0 Å². The van der Waals surface area contributed by atoms with Crippen LogP contribution in [0.5, 0.6) is 5.75 Å². The van der Waals surface area contributed by atoms with Gasteiger partial charge in [-0.25, -0.2) is 0 Å². The van der Waals surface area contributed by atoms with Crippen LogP contribution in [0.2, 0.25) is 0 Å². The molecule has 1 aromatic rings. The summed E-state index contributed by atoms with van der Waals surface area (Å²) in [4.78, 5) is 0. The molecule has 2 N–H and O–H groups in total. The fraction of sp³-hybridized carbons (Fsp3) is 0.600. The monoisotopic (exact) mass is 251 g/mol. The molecule has 18 heavy (non-hydrogen) atoms. The molecule has 0 fully saturated rings. The first-order valence-electron chi connectivity index (χ1n) is 6.54. The van der Waals surface area contributed by atoms with E-state index in [9.17, 15) is 5.11 Å². The van der Waals surface area contributed by atoms with Gasteiger partial charge in [-0.1, -0.05) is 32.9 Å². The van der Waals surface area contributed by atoms with E-state index in [1.54, 1.807) is 0 Å². The van der Waals surface area contributed by atoms with E-state index in [2.05, 4.69) is 5.32 Å². The quantitative estimate of drug-likeness (QED) is 0.816. The fourth-order valence-corrected chi connectivity index (χ4v) is 1.53. The molecular weight excluding hydrogens is 226 g/mol. The Hall–Kier alpha value is -1.06. The van der Waals surface area contributed by atoms with E-state index in [0.29, 0.717) is 13.2 Å². The van der Waals surface area contributed by atoms with Crippen LogP contribution in [0.3, 0.4) is 0 Å². The lowest BCUT2D eigenvalue weighted by Gasteiger charge is -2.26. The molecule has 0 aliphatic carbocycles. The van der Waals surface area contributed by atoms with Gasteiger partial charge in [0, 0.05) is 13.1 Å². The van der Waals surface area contributed by atoms with Crippen LogP contribution in [-0.2, 0) is 6.54 Å². The van der Waals surface area contributed by atoms with Gasteiger partial charge in [-0.3, -0.25) is 0 Å². The molecule has 0 aliphatic heterocycles. The lowest BCUT2D eigenvalue weighted by molar-refractivity contribution is 0.0627. The number of hydrogen-bond donors (Lipinski definition) is 2. The number of hydrogen-bond acceptors (Lipinski definition) is 3. The Kier molecular flexibility index (Phi) is 5.63. The van der Waals surface area contributed by atoms with Crippen LogP contribution >= 0.6 is 0 Å². The normalized spacial score (nSPS) is 13.4. The largest absolute Gasteiger partial charge is 0.494 e. The lowest BCUT2D eigenvalue weighted by atomic mass is 9.89. The van der Waals surface area contributed by atoms with E-state index in [1.807, 2.05) is 52.0 Å². The second kappa shape index (κ2) is 6.76. The number of rotatable bonds is 6. The van der Waals surface area contributed by atoms with Crippen molar-refractivity contribution in [3.63, 3.8) is 0 Å². The molecular formula is C15H25NO2. The average Bonchev–Trinajstić information content (AvgIpc) is 2.30. The highest BCUT2D eigenvalue weighted by Crippen LogP contribution is 2.18. The van der Waals surface area contributed by atoms with Crippen molar-refractivity contribution in [1.82, 2.24) is 5.32 Å². The Balaban J connectivity index is 2.35. The van der Waals surface area contributed by atoms with Crippen molar-refractivity contribution in [1.29, 1.82) is 0 Å². The van der Waals surface area contributed by atoms with Crippen LogP contribution in [0.1, 0.15) is 33.3 Å². The van der Waals surface area contributed by atoms with Crippen LogP contribution in [0, 0.1) is 5.41 Å². The van der Waals surface area contributed by atoms with Gasteiger partial charge in [0.2, 0.25) is 0 Å². The van der Waals surface area contributed by atoms with Gasteiger partial charge in [0.15, 0.2) is 0 Å². The zero-order chi connectivity index (χ0) is 13.6. The predicted octanol–water partition coefficient (Wildman–Crippen LogP) is 2.58. The molecule has 0 saturated heterocycles. The van der Waals surface area contributed by atoms with Crippen LogP contribution < -0.4 is 10.1 Å². The third kappa shape index (κ3) is 5.07. The van der Waals surface area contributed by atoms with Crippen molar-refractivity contribution in [3.8, 4) is 5.75 Å². The molecule has 0 bridgehead atoms. The minimum atomic E-state index is -0.333. The van der Waals surface area contributed by atoms with Gasteiger partial charge in [-0.05, 0) is 30.0 Å². The molecule has 3 heteroatoms. The van der Waals surface area contributed by atoms with Gasteiger partial charge in [0.1, 0.15) is 5.75 Å². The average molecular weight is 251 g/mol. The van der Waals surface area contributed by atoms with Gasteiger partial charge >= 0.3 is 0 Å². The minimum Gasteiger partial charge on any atom is -0.494 e. The van der Waals surface area contributed by atoms with Crippen molar-refractivity contribution in [3.05, 3.63) is 29.8 Å². The summed E-state index contributed by atoms with van der Waals surface area (Å²) in [6.07, 6.45) is -0.333. The van der Waals surface area contributed by atoms with Gasteiger partial charge < -0.3 is 15.2 Å². The first kappa shape index (κ1) is 15.0. The Morgan fingerprint density at radius 1 is 1.22 bits per heavy atom. The Labute approximate surface area is 110 Å². The van der Waals surface area contributed by atoms with E-state index in [1.165, 1.54) is 5.56 Å². The van der Waals surface area contributed by atoms with Crippen LogP contribution in [0.4, 0.5) is 0 Å². The molecule has 0 spiro atoms. The molecule has 1 aromatic carbocycles. The molecule has 0 radical (unpaired) electrons. The highest BCUT2D eigenvalue weighted by atomic mass is 16.5. The van der Waals surface area contributed by atoms with Crippen molar-refractivity contribution in [2.24, 2.45) is 5.41 Å². The number of benzene rings is 1. The SMILES string of the molecule is CCOc1ccc(CNCC(O)C(C)(C)C)cc1. The van der Waals surface area contributed by atoms with Crippen LogP contribution in [0.15, 0.2) is 24.3 Å². The van der Waals surface area contributed by atoms with Gasteiger partial charge in [0.25, 0.3) is 0 Å². The smallest absolute Gasteiger partial charge is 0.119 e. The summed E-state index contributed by atoms with van der Waals surface area (Å²) in [5.74, 6) is 0.899. The molecule has 1 atom stereocenters. The topological polar surface area (TPSA) is 41.5 Å². The third-order valence-electron chi connectivity index (χ3n) is 2.90. The third-order valence-corrected chi connectivity index (χ3v) is 2.90. The van der Waals surface area contributed by atoms with E-state index in [-0.39, 0.29) is 11.5 Å². The summed E-state index contributed by atoms with van der Waals surface area (Å²) in [7, 11) is 0. The van der Waals surface area contributed by atoms with Crippen LogP contribution in [0.25, 0.3) is 0 Å². The Bertz CT molecular complexity index is 341.